The molecule has 8 heteroatoms. The third-order valence-corrected chi connectivity index (χ3v) is 5.09. The highest BCUT2D eigenvalue weighted by atomic mass is 32.1. The summed E-state index contributed by atoms with van der Waals surface area (Å²) >= 11 is 1.22. The van der Waals surface area contributed by atoms with E-state index in [1.165, 1.54) is 28.6 Å². The molecule has 0 spiro atoms. The second-order valence-electron chi connectivity index (χ2n) is 5.36. The molecule has 1 aliphatic rings. The molecule has 3 heterocycles. The van der Waals surface area contributed by atoms with Crippen molar-refractivity contribution in [2.75, 3.05) is 5.73 Å². The standard InChI is InChI=1S/C14H12N4O3S/c1-18-10(14(20)21-17-18)11(19)12-9(15)7-5-6-3-2-4-8(6)16-13(7)22-12/h5H,2-4H2,1H3,(H2-,15,17,19,20)/p+1. The zero-order valence-electron chi connectivity index (χ0n) is 11.8. The molecule has 0 saturated carbocycles. The van der Waals surface area contributed by atoms with Crippen LogP contribution in [0.15, 0.2) is 15.4 Å². The smallest absolute Gasteiger partial charge is 0.397 e. The Hall–Kier alpha value is -2.48. The van der Waals surface area contributed by atoms with Gasteiger partial charge in [-0.15, -0.1) is 11.3 Å². The number of aryl methyl sites for hydroxylation is 3. The largest absolute Gasteiger partial charge is 0.438 e. The maximum Gasteiger partial charge on any atom is 0.438 e. The zero-order chi connectivity index (χ0) is 15.4. The number of nitrogens with one attached hydrogen (secondary N) is 1. The number of aromatic nitrogens is 3. The van der Waals surface area contributed by atoms with E-state index in [-0.39, 0.29) is 5.69 Å². The van der Waals surface area contributed by atoms with Crippen molar-refractivity contribution in [3.8, 4) is 0 Å². The van der Waals surface area contributed by atoms with Gasteiger partial charge in [-0.25, -0.2) is 9.78 Å². The number of nitrogen functional groups attached to an aromatic ring is 1. The Morgan fingerprint density at radius 2 is 2.32 bits per heavy atom. The second-order valence-corrected chi connectivity index (χ2v) is 6.36. The first-order valence-electron chi connectivity index (χ1n) is 6.89. The number of thiophene rings is 1. The van der Waals surface area contributed by atoms with E-state index in [9.17, 15) is 9.59 Å². The molecule has 0 atom stereocenters. The van der Waals surface area contributed by atoms with Crippen molar-refractivity contribution in [3.05, 3.63) is 38.3 Å². The van der Waals surface area contributed by atoms with Crippen LogP contribution in [-0.4, -0.2) is 16.0 Å². The number of carbonyl (C=O) groups is 1. The van der Waals surface area contributed by atoms with Crippen LogP contribution in [0, 0.1) is 0 Å². The number of rotatable bonds is 2. The average Bonchev–Trinajstić information content (AvgIpc) is 3.16. The summed E-state index contributed by atoms with van der Waals surface area (Å²) in [5, 5.41) is 3.12. The molecule has 0 bridgehead atoms. The summed E-state index contributed by atoms with van der Waals surface area (Å²) in [5.41, 5.74) is 8.01. The minimum atomic E-state index is -0.709. The van der Waals surface area contributed by atoms with Crippen molar-refractivity contribution < 1.29 is 14.0 Å². The van der Waals surface area contributed by atoms with Crippen LogP contribution in [0.3, 0.4) is 0 Å². The number of aromatic amines is 1. The molecule has 0 radical (unpaired) electrons. The van der Waals surface area contributed by atoms with Crippen LogP contribution in [0.2, 0.25) is 0 Å². The molecule has 3 aromatic rings. The number of ketones is 1. The van der Waals surface area contributed by atoms with Gasteiger partial charge in [-0.1, -0.05) is 4.68 Å². The first-order chi connectivity index (χ1) is 10.6. The van der Waals surface area contributed by atoms with Gasteiger partial charge in [0.15, 0.2) is 7.05 Å². The van der Waals surface area contributed by atoms with Crippen molar-refractivity contribution in [2.45, 2.75) is 19.3 Å². The fourth-order valence-electron chi connectivity index (χ4n) is 2.86. The van der Waals surface area contributed by atoms with Gasteiger partial charge in [0.05, 0.1) is 5.69 Å². The fraction of sp³-hybridized carbons (Fsp3) is 0.286. The van der Waals surface area contributed by atoms with E-state index >= 15 is 0 Å². The van der Waals surface area contributed by atoms with Crippen LogP contribution in [0.1, 0.15) is 33.0 Å². The third kappa shape index (κ3) is 1.73. The summed E-state index contributed by atoms with van der Waals surface area (Å²) in [7, 11) is 1.54. The lowest BCUT2D eigenvalue weighted by molar-refractivity contribution is -0.741. The summed E-state index contributed by atoms with van der Waals surface area (Å²) in [6.45, 7) is 0. The molecule has 0 aromatic carbocycles. The van der Waals surface area contributed by atoms with Gasteiger partial charge in [-0.2, -0.15) is 0 Å². The summed E-state index contributed by atoms with van der Waals surface area (Å²) in [6, 6.07) is 2.02. The van der Waals surface area contributed by atoms with Gasteiger partial charge in [0.25, 0.3) is 5.78 Å². The van der Waals surface area contributed by atoms with Crippen LogP contribution in [0.25, 0.3) is 10.2 Å². The number of anilines is 1. The summed E-state index contributed by atoms with van der Waals surface area (Å²) < 4.78 is 5.88. The number of hydrogen-bond acceptors (Lipinski definition) is 6. The lowest BCUT2D eigenvalue weighted by atomic mass is 10.1. The maximum absolute atomic E-state index is 12.6. The molecule has 0 fully saturated rings. The highest BCUT2D eigenvalue weighted by Gasteiger charge is 2.31. The molecule has 0 unspecified atom stereocenters. The molecule has 1 aliphatic carbocycles. The van der Waals surface area contributed by atoms with Gasteiger partial charge in [-0.05, 0) is 36.2 Å². The topological polar surface area (TPSA) is 106 Å². The predicted octanol–water partition coefficient (Wildman–Crippen LogP) is 0.704. The third-order valence-electron chi connectivity index (χ3n) is 3.97. The second kappa shape index (κ2) is 4.51. The van der Waals surface area contributed by atoms with Crippen molar-refractivity contribution in [1.29, 1.82) is 0 Å². The van der Waals surface area contributed by atoms with Gasteiger partial charge in [0.1, 0.15) is 9.71 Å². The van der Waals surface area contributed by atoms with Gasteiger partial charge in [0, 0.05) is 11.1 Å². The first kappa shape index (κ1) is 13.2. The number of fused-ring (bicyclic) bond motifs is 2. The molecule has 7 nitrogen and oxygen atoms in total. The van der Waals surface area contributed by atoms with Crippen LogP contribution in [-0.2, 0) is 19.9 Å². The monoisotopic (exact) mass is 317 g/mol. The minimum Gasteiger partial charge on any atom is -0.397 e. The fourth-order valence-corrected chi connectivity index (χ4v) is 3.90. The SMILES string of the molecule is C[n+]1[nH]oc(=O)c1C(=O)c1sc2nc3c(cc2c1N)CCC3. The lowest BCUT2D eigenvalue weighted by Crippen LogP contribution is -2.39. The van der Waals surface area contributed by atoms with Gasteiger partial charge in [0.2, 0.25) is 0 Å². The Bertz CT molecular complexity index is 982. The number of H-pyrrole nitrogens is 1. The molecular weight excluding hydrogens is 304 g/mol. The number of pyridine rings is 1. The average molecular weight is 317 g/mol. The summed E-state index contributed by atoms with van der Waals surface area (Å²) in [5.74, 6) is -0.446. The quantitative estimate of drug-likeness (QED) is 0.535. The molecule has 0 aliphatic heterocycles. The highest BCUT2D eigenvalue weighted by molar-refractivity contribution is 7.21. The maximum atomic E-state index is 12.6. The Balaban J connectivity index is 1.91. The van der Waals surface area contributed by atoms with E-state index in [0.717, 1.165) is 35.2 Å². The molecule has 112 valence electrons. The lowest BCUT2D eigenvalue weighted by Gasteiger charge is -1.98. The van der Waals surface area contributed by atoms with E-state index < -0.39 is 11.4 Å². The van der Waals surface area contributed by atoms with Crippen LogP contribution in [0.5, 0.6) is 0 Å². The van der Waals surface area contributed by atoms with E-state index in [4.69, 9.17) is 5.73 Å². The van der Waals surface area contributed by atoms with Gasteiger partial charge < -0.3 is 5.73 Å². The molecular formula is C14H13N4O3S+. The van der Waals surface area contributed by atoms with Gasteiger partial charge in [-0.3, -0.25) is 9.32 Å². The Kier molecular flexibility index (Phi) is 2.70. The van der Waals surface area contributed by atoms with E-state index in [2.05, 4.69) is 14.8 Å². The Morgan fingerprint density at radius 1 is 1.50 bits per heavy atom. The normalized spacial score (nSPS) is 13.7. The van der Waals surface area contributed by atoms with Crippen LogP contribution in [0.4, 0.5) is 5.69 Å². The minimum absolute atomic E-state index is 0.0780. The number of hydrogen-bond donors (Lipinski definition) is 2. The highest BCUT2D eigenvalue weighted by Crippen LogP contribution is 2.36. The molecule has 4 rings (SSSR count). The molecule has 0 amide bonds. The van der Waals surface area contributed by atoms with E-state index in [0.29, 0.717) is 10.6 Å². The van der Waals surface area contributed by atoms with E-state index in [1.54, 1.807) is 0 Å². The summed E-state index contributed by atoms with van der Waals surface area (Å²) in [6.07, 6.45) is 3.06. The zero-order valence-corrected chi connectivity index (χ0v) is 12.6. The van der Waals surface area contributed by atoms with Crippen LogP contribution < -0.4 is 16.0 Å². The number of carbonyl (C=O) groups excluding carboxylic acids is 1. The van der Waals surface area contributed by atoms with Crippen molar-refractivity contribution in [1.82, 2.24) is 10.3 Å². The Morgan fingerprint density at radius 3 is 3.05 bits per heavy atom. The predicted molar refractivity (Wildman–Crippen MR) is 80.0 cm³/mol. The molecule has 3 aromatic heterocycles. The van der Waals surface area contributed by atoms with Crippen molar-refractivity contribution >= 4 is 33.0 Å². The Labute approximate surface area is 128 Å². The molecule has 0 saturated heterocycles. The molecule has 22 heavy (non-hydrogen) atoms. The molecule has 3 N–H and O–H groups in total. The van der Waals surface area contributed by atoms with Crippen molar-refractivity contribution in [2.24, 2.45) is 7.05 Å². The van der Waals surface area contributed by atoms with Crippen LogP contribution >= 0.6 is 11.3 Å². The first-order valence-corrected chi connectivity index (χ1v) is 7.71. The van der Waals surface area contributed by atoms with Crippen molar-refractivity contribution in [3.63, 3.8) is 0 Å². The van der Waals surface area contributed by atoms with Gasteiger partial charge >= 0.3 is 11.3 Å². The number of nitrogens with zero attached hydrogens (tertiary/aromatic N) is 2. The summed E-state index contributed by atoms with van der Waals surface area (Å²) in [4.78, 5) is 29.9. The number of nitrogens with two attached hydrogens (primary N) is 1. The van der Waals surface area contributed by atoms with E-state index in [1.807, 2.05) is 6.07 Å².